The van der Waals surface area contributed by atoms with Crippen molar-refractivity contribution in [1.82, 2.24) is 9.97 Å². The van der Waals surface area contributed by atoms with Crippen LogP contribution in [0.3, 0.4) is 0 Å². The van der Waals surface area contributed by atoms with Gasteiger partial charge in [-0.2, -0.15) is 10.2 Å². The van der Waals surface area contributed by atoms with Gasteiger partial charge in [-0.3, -0.25) is 4.79 Å². The van der Waals surface area contributed by atoms with E-state index in [9.17, 15) is 10.1 Å². The number of nitrogens with zero attached hydrogens (tertiary/aromatic N) is 2. The molecule has 2 heterocycles. The predicted octanol–water partition coefficient (Wildman–Crippen LogP) is 1.71. The van der Waals surface area contributed by atoms with Gasteiger partial charge in [0.2, 0.25) is 11.8 Å². The van der Waals surface area contributed by atoms with E-state index in [0.29, 0.717) is 10.7 Å². The van der Waals surface area contributed by atoms with E-state index in [0.717, 1.165) is 5.75 Å². The van der Waals surface area contributed by atoms with Gasteiger partial charge in [0.05, 0.1) is 11.1 Å². The molecule has 0 spiro atoms. The Morgan fingerprint density at radius 3 is 2.85 bits per heavy atom. The van der Waals surface area contributed by atoms with E-state index in [1.807, 2.05) is 26.8 Å². The van der Waals surface area contributed by atoms with Crippen LogP contribution in [-0.4, -0.2) is 15.7 Å². The minimum absolute atomic E-state index is 0.0317. The molecule has 20 heavy (non-hydrogen) atoms. The van der Waals surface area contributed by atoms with Crippen LogP contribution in [0.2, 0.25) is 0 Å². The van der Waals surface area contributed by atoms with Crippen molar-refractivity contribution >= 4 is 11.8 Å². The van der Waals surface area contributed by atoms with Crippen LogP contribution in [0, 0.1) is 17.2 Å². The van der Waals surface area contributed by atoms with Crippen molar-refractivity contribution in [3.63, 3.8) is 0 Å². The molecule has 0 saturated heterocycles. The van der Waals surface area contributed by atoms with Crippen molar-refractivity contribution in [2.45, 2.75) is 31.8 Å². The molecular formula is C13H16N4O2S. The molecule has 3 N–H and O–H groups in total. The fraction of sp³-hybridized carbons (Fsp3) is 0.462. The van der Waals surface area contributed by atoms with E-state index in [4.69, 9.17) is 10.5 Å². The van der Waals surface area contributed by atoms with E-state index in [2.05, 4.69) is 9.97 Å². The summed E-state index contributed by atoms with van der Waals surface area (Å²) in [5, 5.41) is 9.72. The average molecular weight is 292 g/mol. The molecule has 1 atom stereocenters. The second-order valence-corrected chi connectivity index (χ2v) is 5.99. The summed E-state index contributed by atoms with van der Waals surface area (Å²) in [5.41, 5.74) is 6.18. The van der Waals surface area contributed by atoms with Crippen LogP contribution in [-0.2, 0) is 0 Å². The number of thioether (sulfide) groups is 1. The summed E-state index contributed by atoms with van der Waals surface area (Å²) in [6, 6.07) is 2.04. The molecule has 0 unspecified atom stereocenters. The zero-order valence-corrected chi connectivity index (χ0v) is 12.4. The van der Waals surface area contributed by atoms with Gasteiger partial charge in [0, 0.05) is 5.92 Å². The maximum Gasteiger partial charge on any atom is 0.259 e. The van der Waals surface area contributed by atoms with E-state index in [1.165, 1.54) is 11.8 Å². The molecule has 1 aromatic heterocycles. The molecule has 0 radical (unpaired) electrons. The molecule has 2 rings (SSSR count). The monoisotopic (exact) mass is 292 g/mol. The number of nitrogens with one attached hydrogen (secondary N) is 1. The molecule has 106 valence electrons. The number of nitriles is 1. The quantitative estimate of drug-likeness (QED) is 0.649. The number of ether oxygens (including phenoxy) is 1. The standard InChI is InChI=1S/C13H16N4O2S/c1-4-20-13-16-11(18)9-8(6(2)3)7(5-14)10(15)19-12(9)17-13/h6,8H,4,15H2,1-3H3,(H,16,17,18)/t8-/m0/s1. The van der Waals surface area contributed by atoms with Gasteiger partial charge < -0.3 is 15.5 Å². The van der Waals surface area contributed by atoms with Crippen molar-refractivity contribution in [2.75, 3.05) is 5.75 Å². The van der Waals surface area contributed by atoms with E-state index >= 15 is 0 Å². The maximum atomic E-state index is 12.3. The summed E-state index contributed by atoms with van der Waals surface area (Å²) >= 11 is 1.41. The smallest absolute Gasteiger partial charge is 0.259 e. The van der Waals surface area contributed by atoms with Crippen LogP contribution in [0.5, 0.6) is 5.88 Å². The number of aromatic amines is 1. The molecular weight excluding hydrogens is 276 g/mol. The number of hydrogen-bond acceptors (Lipinski definition) is 6. The molecule has 6 nitrogen and oxygen atoms in total. The summed E-state index contributed by atoms with van der Waals surface area (Å²) in [7, 11) is 0. The number of aromatic nitrogens is 2. The van der Waals surface area contributed by atoms with Crippen molar-refractivity contribution < 1.29 is 4.74 Å². The van der Waals surface area contributed by atoms with Crippen molar-refractivity contribution in [2.24, 2.45) is 11.7 Å². The molecule has 7 heteroatoms. The van der Waals surface area contributed by atoms with Crippen molar-refractivity contribution in [3.8, 4) is 11.9 Å². The lowest BCUT2D eigenvalue weighted by Gasteiger charge is -2.26. The van der Waals surface area contributed by atoms with Crippen LogP contribution in [0.15, 0.2) is 21.4 Å². The summed E-state index contributed by atoms with van der Waals surface area (Å²) in [5.74, 6) is 0.674. The molecule has 1 aromatic rings. The van der Waals surface area contributed by atoms with Crippen LogP contribution < -0.4 is 16.0 Å². The second-order valence-electron chi connectivity index (χ2n) is 4.74. The van der Waals surface area contributed by atoms with Gasteiger partial charge in [0.15, 0.2) is 5.16 Å². The SMILES string of the molecule is CCSc1nc2c(c(=O)[nH]1)[C@@H](C(C)C)C(C#N)=C(N)O2. The molecule has 0 saturated carbocycles. The largest absolute Gasteiger partial charge is 0.422 e. The molecule has 0 fully saturated rings. The minimum atomic E-state index is -0.388. The number of hydrogen-bond donors (Lipinski definition) is 2. The summed E-state index contributed by atoms with van der Waals surface area (Å²) in [6.45, 7) is 5.82. The Morgan fingerprint density at radius 2 is 2.30 bits per heavy atom. The number of allylic oxidation sites excluding steroid dienone is 1. The van der Waals surface area contributed by atoms with Crippen LogP contribution in [0.25, 0.3) is 0 Å². The molecule has 0 aromatic carbocycles. The van der Waals surface area contributed by atoms with Gasteiger partial charge in [0.1, 0.15) is 6.07 Å². The Balaban J connectivity index is 2.63. The summed E-state index contributed by atoms with van der Waals surface area (Å²) in [6.07, 6.45) is 0. The topological polar surface area (TPSA) is 105 Å². The van der Waals surface area contributed by atoms with Crippen molar-refractivity contribution in [1.29, 1.82) is 5.26 Å². The lowest BCUT2D eigenvalue weighted by Crippen LogP contribution is -2.30. The van der Waals surface area contributed by atoms with Crippen molar-refractivity contribution in [3.05, 3.63) is 27.4 Å². The lowest BCUT2D eigenvalue weighted by atomic mass is 9.82. The highest BCUT2D eigenvalue weighted by molar-refractivity contribution is 7.99. The van der Waals surface area contributed by atoms with Gasteiger partial charge >= 0.3 is 0 Å². The zero-order chi connectivity index (χ0) is 14.9. The molecule has 0 aliphatic carbocycles. The Bertz CT molecular complexity index is 657. The molecule has 0 amide bonds. The third-order valence-electron chi connectivity index (χ3n) is 3.06. The van der Waals surface area contributed by atoms with E-state index < -0.39 is 0 Å². The van der Waals surface area contributed by atoms with Gasteiger partial charge in [-0.1, -0.05) is 32.5 Å². The first-order valence-corrected chi connectivity index (χ1v) is 7.32. The lowest BCUT2D eigenvalue weighted by molar-refractivity contribution is 0.350. The number of rotatable bonds is 3. The minimum Gasteiger partial charge on any atom is -0.422 e. The third kappa shape index (κ3) is 2.39. The number of nitrogens with two attached hydrogens (primary N) is 1. The number of H-pyrrole nitrogens is 1. The Morgan fingerprint density at radius 1 is 1.60 bits per heavy atom. The second kappa shape index (κ2) is 5.59. The van der Waals surface area contributed by atoms with Gasteiger partial charge in [-0.15, -0.1) is 0 Å². The molecule has 0 bridgehead atoms. The van der Waals surface area contributed by atoms with E-state index in [-0.39, 0.29) is 34.7 Å². The summed E-state index contributed by atoms with van der Waals surface area (Å²) < 4.78 is 5.37. The summed E-state index contributed by atoms with van der Waals surface area (Å²) in [4.78, 5) is 19.3. The highest BCUT2D eigenvalue weighted by Crippen LogP contribution is 2.39. The zero-order valence-electron chi connectivity index (χ0n) is 11.6. The fourth-order valence-corrected chi connectivity index (χ4v) is 2.83. The van der Waals surface area contributed by atoms with Crippen LogP contribution in [0.1, 0.15) is 32.3 Å². The highest BCUT2D eigenvalue weighted by atomic mass is 32.2. The maximum absolute atomic E-state index is 12.3. The van der Waals surface area contributed by atoms with Gasteiger partial charge in [0.25, 0.3) is 5.56 Å². The average Bonchev–Trinajstić information content (AvgIpc) is 2.37. The van der Waals surface area contributed by atoms with Crippen LogP contribution in [0.4, 0.5) is 0 Å². The van der Waals surface area contributed by atoms with E-state index in [1.54, 1.807) is 0 Å². The fourth-order valence-electron chi connectivity index (χ4n) is 2.25. The molecule has 1 aliphatic rings. The van der Waals surface area contributed by atoms with Crippen LogP contribution >= 0.6 is 11.8 Å². The first-order chi connectivity index (χ1) is 9.49. The molecule has 1 aliphatic heterocycles. The van der Waals surface area contributed by atoms with Gasteiger partial charge in [-0.05, 0) is 11.7 Å². The normalized spacial score (nSPS) is 17.6. The first kappa shape index (κ1) is 14.5. The Labute approximate surface area is 121 Å². The third-order valence-corrected chi connectivity index (χ3v) is 3.82. The Hall–Kier alpha value is -1.94. The number of fused-ring (bicyclic) bond motifs is 1. The van der Waals surface area contributed by atoms with Gasteiger partial charge in [-0.25, -0.2) is 0 Å². The highest BCUT2D eigenvalue weighted by Gasteiger charge is 2.35. The first-order valence-electron chi connectivity index (χ1n) is 6.34. The predicted molar refractivity (Wildman–Crippen MR) is 76.3 cm³/mol. The Kier molecular flexibility index (Phi) is 4.04.